The first-order valence-electron chi connectivity index (χ1n) is 15.9. The molecule has 0 spiro atoms. The average Bonchev–Trinajstić information content (AvgIpc) is 3.82. The van der Waals surface area contributed by atoms with Gasteiger partial charge in [-0.2, -0.15) is 0 Å². The highest BCUT2D eigenvalue weighted by atomic mass is 19.1. The second-order valence-electron chi connectivity index (χ2n) is 12.4. The van der Waals surface area contributed by atoms with Gasteiger partial charge in [-0.05, 0) is 118 Å². The maximum absolute atomic E-state index is 14.4. The minimum absolute atomic E-state index is 0. The molecule has 252 valence electrons. The second-order valence-corrected chi connectivity index (χ2v) is 12.4. The molecular weight excluding hydrogens is 601 g/mol. The summed E-state index contributed by atoms with van der Waals surface area (Å²) >= 11 is 0. The van der Waals surface area contributed by atoms with Crippen molar-refractivity contribution in [1.82, 2.24) is 14.9 Å². The number of nitrogens with zero attached hydrogens (tertiary/aromatic N) is 3. The predicted octanol–water partition coefficient (Wildman–Crippen LogP) is 6.89. The lowest BCUT2D eigenvalue weighted by Gasteiger charge is -2.29. The molecular formula is C36H46FN5O5. The van der Waals surface area contributed by atoms with Crippen LogP contribution in [0.4, 0.5) is 16.0 Å². The monoisotopic (exact) mass is 647 g/mol. The number of piperidine rings is 1. The van der Waals surface area contributed by atoms with Gasteiger partial charge in [-0.3, -0.25) is 9.59 Å². The molecule has 4 aromatic rings. The van der Waals surface area contributed by atoms with Crippen LogP contribution >= 0.6 is 0 Å². The molecule has 10 nitrogen and oxygen atoms in total. The van der Waals surface area contributed by atoms with E-state index in [4.69, 9.17) is 25.1 Å². The summed E-state index contributed by atoms with van der Waals surface area (Å²) in [5.74, 6) is 1.73. The Hall–Kier alpha value is -4.77. The standard InChI is InChI=1S/C21H24FN5.C14H16O3.CH2O2.2H2/c1-13-18(23)5-4-17(22)20(13)14-3-6-19-15(11-14)12-24-21(26-19)25-16-7-9-27(2)10-8-16;1-8-5-11(10-3-4-10)6-12-13(17-9(2)15)7-16-14(8)12;2-1-3;;/h3-6,11-12,16H,7-10,23H2,1-2H3,(H,24,25,26);5-6,10,13H,3-4,7H2,1-2H3;1H,(H,2,3);2*1H. The lowest BCUT2D eigenvalue weighted by molar-refractivity contribution is -0.147. The molecule has 1 saturated carbocycles. The van der Waals surface area contributed by atoms with E-state index in [1.54, 1.807) is 12.3 Å². The zero-order valence-corrected chi connectivity index (χ0v) is 27.3. The molecule has 47 heavy (non-hydrogen) atoms. The van der Waals surface area contributed by atoms with Gasteiger partial charge < -0.3 is 30.5 Å². The number of carbonyl (C=O) groups excluding carboxylic acids is 1. The van der Waals surface area contributed by atoms with Gasteiger partial charge in [0.25, 0.3) is 6.47 Å². The van der Waals surface area contributed by atoms with Crippen LogP contribution in [0.2, 0.25) is 0 Å². The Morgan fingerprint density at radius 2 is 1.87 bits per heavy atom. The zero-order valence-electron chi connectivity index (χ0n) is 27.3. The first kappa shape index (κ1) is 33.6. The number of esters is 1. The van der Waals surface area contributed by atoms with Crippen molar-refractivity contribution in [3.63, 3.8) is 0 Å². The molecule has 4 N–H and O–H groups in total. The van der Waals surface area contributed by atoms with E-state index in [0.29, 0.717) is 35.8 Å². The number of nitrogens with one attached hydrogen (secondary N) is 1. The van der Waals surface area contributed by atoms with Gasteiger partial charge >= 0.3 is 5.97 Å². The molecule has 0 amide bonds. The normalized spacial score (nSPS) is 17.3. The molecule has 1 saturated heterocycles. The van der Waals surface area contributed by atoms with E-state index >= 15 is 0 Å². The van der Waals surface area contributed by atoms with Crippen LogP contribution in [0.5, 0.6) is 5.75 Å². The minimum Gasteiger partial charge on any atom is -0.489 e. The van der Waals surface area contributed by atoms with Crippen molar-refractivity contribution in [2.45, 2.75) is 64.5 Å². The van der Waals surface area contributed by atoms with Gasteiger partial charge in [-0.25, -0.2) is 14.4 Å². The second kappa shape index (κ2) is 14.8. The number of halogens is 1. The summed E-state index contributed by atoms with van der Waals surface area (Å²) in [5.41, 5.74) is 13.0. The van der Waals surface area contributed by atoms with Crippen molar-refractivity contribution in [3.8, 4) is 16.9 Å². The number of carboxylic acid groups (broad SMARTS) is 1. The highest BCUT2D eigenvalue weighted by Crippen LogP contribution is 2.45. The summed E-state index contributed by atoms with van der Waals surface area (Å²) in [7, 11) is 2.14. The number of ether oxygens (including phenoxy) is 2. The number of nitrogen functional groups attached to an aromatic ring is 1. The summed E-state index contributed by atoms with van der Waals surface area (Å²) in [6, 6.07) is 13.5. The van der Waals surface area contributed by atoms with Crippen LogP contribution < -0.4 is 15.8 Å². The maximum Gasteiger partial charge on any atom is 0.303 e. The Morgan fingerprint density at radius 3 is 2.55 bits per heavy atom. The molecule has 1 atom stereocenters. The van der Waals surface area contributed by atoms with Gasteiger partial charge in [0, 0.05) is 44.2 Å². The van der Waals surface area contributed by atoms with Crippen molar-refractivity contribution >= 4 is 35.0 Å². The topological polar surface area (TPSA) is 140 Å². The van der Waals surface area contributed by atoms with Crippen LogP contribution in [0, 0.1) is 19.7 Å². The van der Waals surface area contributed by atoms with Crippen LogP contribution in [0.15, 0.2) is 48.7 Å². The summed E-state index contributed by atoms with van der Waals surface area (Å²) in [6.45, 7) is 7.70. The number of nitrogens with two attached hydrogens (primary N) is 1. The highest BCUT2D eigenvalue weighted by Gasteiger charge is 2.32. The lowest BCUT2D eigenvalue weighted by atomic mass is 9.97. The van der Waals surface area contributed by atoms with Gasteiger partial charge in [0.15, 0.2) is 6.10 Å². The first-order chi connectivity index (χ1) is 22.6. The van der Waals surface area contributed by atoms with Crippen LogP contribution in [0.1, 0.15) is 69.7 Å². The Kier molecular flexibility index (Phi) is 10.6. The van der Waals surface area contributed by atoms with Crippen molar-refractivity contribution in [1.29, 1.82) is 0 Å². The maximum atomic E-state index is 14.4. The molecule has 0 radical (unpaired) electrons. The quantitative estimate of drug-likeness (QED) is 0.119. The van der Waals surface area contributed by atoms with Crippen LogP contribution in [0.3, 0.4) is 0 Å². The molecule has 11 heteroatoms. The van der Waals surface area contributed by atoms with E-state index in [9.17, 15) is 9.18 Å². The number of aromatic nitrogens is 2. The number of hydrogen-bond donors (Lipinski definition) is 3. The Labute approximate surface area is 277 Å². The molecule has 1 aliphatic carbocycles. The number of aryl methyl sites for hydroxylation is 1. The third kappa shape index (κ3) is 8.15. The predicted molar refractivity (Wildman–Crippen MR) is 184 cm³/mol. The fraction of sp³-hybridized carbons (Fsp3) is 0.389. The average molecular weight is 648 g/mol. The molecule has 7 rings (SSSR count). The van der Waals surface area contributed by atoms with Crippen molar-refractivity contribution in [2.75, 3.05) is 37.8 Å². The summed E-state index contributed by atoms with van der Waals surface area (Å²) in [6.07, 6.45) is 6.30. The SMILES string of the molecule is CC(=O)OC1COc2c(C)cc(C3CC3)cc21.Cc1c(N)ccc(F)c1-c1ccc2nc(NC3CCN(C)CC3)ncc2c1.O=CO.[HH].[HH]. The van der Waals surface area contributed by atoms with E-state index in [0.717, 1.165) is 64.8 Å². The molecule has 2 aliphatic heterocycles. The lowest BCUT2D eigenvalue weighted by Crippen LogP contribution is -2.37. The Balaban J connectivity index is 0.000000255. The molecule has 2 fully saturated rings. The van der Waals surface area contributed by atoms with Crippen molar-refractivity contribution in [2.24, 2.45) is 0 Å². The first-order valence-corrected chi connectivity index (χ1v) is 15.9. The molecule has 3 heterocycles. The molecule has 3 aliphatic rings. The van der Waals surface area contributed by atoms with E-state index in [2.05, 4.69) is 46.3 Å². The minimum atomic E-state index is -0.275. The number of hydrogen-bond acceptors (Lipinski definition) is 9. The van der Waals surface area contributed by atoms with Gasteiger partial charge in [0.1, 0.15) is 18.2 Å². The Morgan fingerprint density at radius 1 is 1.15 bits per heavy atom. The summed E-state index contributed by atoms with van der Waals surface area (Å²) < 4.78 is 25.3. The Bertz CT molecular complexity index is 1770. The smallest absolute Gasteiger partial charge is 0.303 e. The number of rotatable bonds is 5. The molecule has 1 unspecified atom stereocenters. The number of likely N-dealkylation sites (tertiary alicyclic amines) is 1. The van der Waals surface area contributed by atoms with Crippen LogP contribution in [-0.4, -0.2) is 65.2 Å². The molecule has 0 bridgehead atoms. The number of benzene rings is 3. The van der Waals surface area contributed by atoms with Gasteiger partial charge in [-0.15, -0.1) is 0 Å². The fourth-order valence-corrected chi connectivity index (χ4v) is 6.11. The molecule has 1 aromatic heterocycles. The summed E-state index contributed by atoms with van der Waals surface area (Å²) in [5, 5.41) is 11.2. The number of fused-ring (bicyclic) bond motifs is 2. The van der Waals surface area contributed by atoms with E-state index in [1.807, 2.05) is 25.1 Å². The van der Waals surface area contributed by atoms with Crippen LogP contribution in [-0.2, 0) is 14.3 Å². The van der Waals surface area contributed by atoms with Gasteiger partial charge in [-0.1, -0.05) is 12.1 Å². The third-order valence-electron chi connectivity index (χ3n) is 8.78. The van der Waals surface area contributed by atoms with E-state index in [-0.39, 0.29) is 27.2 Å². The third-order valence-corrected chi connectivity index (χ3v) is 8.78. The largest absolute Gasteiger partial charge is 0.489 e. The zero-order chi connectivity index (χ0) is 33.7. The number of anilines is 2. The van der Waals surface area contributed by atoms with E-state index < -0.39 is 0 Å². The van der Waals surface area contributed by atoms with Gasteiger partial charge in [0.05, 0.1) is 5.52 Å². The molecule has 3 aromatic carbocycles. The van der Waals surface area contributed by atoms with Gasteiger partial charge in [0.2, 0.25) is 5.95 Å². The highest BCUT2D eigenvalue weighted by molar-refractivity contribution is 5.86. The number of carbonyl (C=O) groups is 2. The van der Waals surface area contributed by atoms with Crippen molar-refractivity contribution in [3.05, 3.63) is 76.7 Å². The van der Waals surface area contributed by atoms with Crippen LogP contribution in [0.25, 0.3) is 22.0 Å². The fourth-order valence-electron chi connectivity index (χ4n) is 6.11. The van der Waals surface area contributed by atoms with E-state index in [1.165, 1.54) is 31.4 Å². The van der Waals surface area contributed by atoms with Crippen molar-refractivity contribution < 1.29 is 31.4 Å². The summed E-state index contributed by atoms with van der Waals surface area (Å²) in [4.78, 5) is 30.8.